The van der Waals surface area contributed by atoms with Crippen LogP contribution in [0.2, 0.25) is 0 Å². The van der Waals surface area contributed by atoms with Crippen molar-refractivity contribution in [2.75, 3.05) is 0 Å². The van der Waals surface area contributed by atoms with Gasteiger partial charge in [-0.05, 0) is 18.6 Å². The average molecular weight is 297 g/mol. The molecule has 3 aromatic rings. The third-order valence-corrected chi connectivity index (χ3v) is 4.75. The van der Waals surface area contributed by atoms with Gasteiger partial charge < -0.3 is 10.2 Å². The van der Waals surface area contributed by atoms with Crippen LogP contribution in [0.5, 0.6) is 11.8 Å². The zero-order valence-corrected chi connectivity index (χ0v) is 11.4. The van der Waals surface area contributed by atoms with E-state index in [0.29, 0.717) is 5.52 Å². The highest BCUT2D eigenvalue weighted by atomic mass is 19.1. The van der Waals surface area contributed by atoms with Gasteiger partial charge in [-0.1, -0.05) is 18.2 Å². The first-order chi connectivity index (χ1) is 10.7. The van der Waals surface area contributed by atoms with E-state index in [0.717, 1.165) is 17.5 Å². The molecule has 22 heavy (non-hydrogen) atoms. The van der Waals surface area contributed by atoms with Crippen LogP contribution >= 0.6 is 0 Å². The number of rotatable bonds is 1. The largest absolute Gasteiger partial charge is 0.494 e. The number of aromatic nitrogens is 3. The Morgan fingerprint density at radius 1 is 1.14 bits per heavy atom. The summed E-state index contributed by atoms with van der Waals surface area (Å²) in [5, 5.41) is 28.2. The van der Waals surface area contributed by atoms with Crippen molar-refractivity contribution in [1.29, 1.82) is 0 Å². The van der Waals surface area contributed by atoms with Gasteiger partial charge in [-0.3, -0.25) is 5.10 Å². The Balaban J connectivity index is 1.84. The lowest BCUT2D eigenvalue weighted by Gasteiger charge is -2.07. The zero-order valence-electron chi connectivity index (χ0n) is 11.4. The van der Waals surface area contributed by atoms with Gasteiger partial charge in [0.2, 0.25) is 11.8 Å². The Bertz CT molecular complexity index is 934. The number of H-pyrrole nitrogens is 1. The van der Waals surface area contributed by atoms with Crippen molar-refractivity contribution in [2.45, 2.75) is 18.3 Å². The van der Waals surface area contributed by atoms with E-state index in [4.69, 9.17) is 0 Å². The number of aromatic hydroxyl groups is 2. The molecule has 1 aromatic carbocycles. The Labute approximate surface area is 124 Å². The van der Waals surface area contributed by atoms with Crippen LogP contribution in [-0.4, -0.2) is 25.0 Å². The summed E-state index contributed by atoms with van der Waals surface area (Å²) in [5.74, 6) is -0.154. The molecular formula is C16H12FN3O2. The first kappa shape index (κ1) is 11.9. The SMILES string of the molecule is Oc1c2c(c(O)n1-c1n[nH]c3cccc(F)c13)[C@H]1C=C[C@@H]2C1. The number of halogens is 1. The van der Waals surface area contributed by atoms with Crippen molar-refractivity contribution < 1.29 is 14.6 Å². The van der Waals surface area contributed by atoms with Crippen LogP contribution in [-0.2, 0) is 0 Å². The summed E-state index contributed by atoms with van der Waals surface area (Å²) in [5.41, 5.74) is 1.98. The van der Waals surface area contributed by atoms with Crippen molar-refractivity contribution in [2.24, 2.45) is 0 Å². The van der Waals surface area contributed by atoms with Crippen LogP contribution in [0.15, 0.2) is 30.4 Å². The van der Waals surface area contributed by atoms with Crippen molar-refractivity contribution in [1.82, 2.24) is 14.8 Å². The van der Waals surface area contributed by atoms with Gasteiger partial charge in [0.05, 0.1) is 10.9 Å². The number of hydrogen-bond acceptors (Lipinski definition) is 3. The van der Waals surface area contributed by atoms with E-state index in [1.54, 1.807) is 12.1 Å². The Morgan fingerprint density at radius 2 is 1.82 bits per heavy atom. The van der Waals surface area contributed by atoms with Gasteiger partial charge in [-0.25, -0.2) is 8.96 Å². The smallest absolute Gasteiger partial charge is 0.204 e. The van der Waals surface area contributed by atoms with E-state index in [-0.39, 0.29) is 34.8 Å². The minimum atomic E-state index is -0.449. The lowest BCUT2D eigenvalue weighted by Crippen LogP contribution is -1.97. The quantitative estimate of drug-likeness (QED) is 0.604. The molecule has 0 aliphatic heterocycles. The second-order valence-corrected chi connectivity index (χ2v) is 5.85. The summed E-state index contributed by atoms with van der Waals surface area (Å²) < 4.78 is 15.4. The molecule has 5 rings (SSSR count). The third-order valence-electron chi connectivity index (χ3n) is 4.75. The van der Waals surface area contributed by atoms with E-state index in [2.05, 4.69) is 10.2 Å². The van der Waals surface area contributed by atoms with Crippen LogP contribution in [0.25, 0.3) is 16.7 Å². The van der Waals surface area contributed by atoms with Gasteiger partial charge in [0, 0.05) is 23.0 Å². The minimum absolute atomic E-state index is 0.0546. The normalized spacial score (nSPS) is 21.9. The predicted octanol–water partition coefficient (Wildman–Crippen LogP) is 3.04. The van der Waals surface area contributed by atoms with Crippen molar-refractivity contribution in [3.63, 3.8) is 0 Å². The molecule has 2 aliphatic carbocycles. The number of nitrogens with one attached hydrogen (secondary N) is 1. The molecule has 0 unspecified atom stereocenters. The molecule has 0 saturated carbocycles. The van der Waals surface area contributed by atoms with Crippen LogP contribution in [0.4, 0.5) is 4.39 Å². The summed E-state index contributed by atoms with van der Waals surface area (Å²) in [6, 6.07) is 4.61. The molecule has 2 bridgehead atoms. The highest BCUT2D eigenvalue weighted by Gasteiger charge is 2.41. The van der Waals surface area contributed by atoms with Crippen LogP contribution in [0.1, 0.15) is 29.4 Å². The summed E-state index contributed by atoms with van der Waals surface area (Å²) in [7, 11) is 0. The number of hydrogen-bond donors (Lipinski definition) is 3. The molecule has 2 heterocycles. The van der Waals surface area contributed by atoms with Crippen molar-refractivity contribution in [3.05, 3.63) is 47.3 Å². The molecule has 110 valence electrons. The van der Waals surface area contributed by atoms with Gasteiger partial charge >= 0.3 is 0 Å². The lowest BCUT2D eigenvalue weighted by atomic mass is 10.0. The number of nitrogens with zero attached hydrogens (tertiary/aromatic N) is 2. The van der Waals surface area contributed by atoms with Gasteiger partial charge in [0.15, 0.2) is 5.82 Å². The van der Waals surface area contributed by atoms with E-state index in [1.165, 1.54) is 10.6 Å². The first-order valence-electron chi connectivity index (χ1n) is 7.14. The van der Waals surface area contributed by atoms with E-state index >= 15 is 0 Å². The lowest BCUT2D eigenvalue weighted by molar-refractivity contribution is 0.394. The molecule has 2 aliphatic rings. The summed E-state index contributed by atoms with van der Waals surface area (Å²) in [6.45, 7) is 0. The van der Waals surface area contributed by atoms with Gasteiger partial charge in [-0.15, -0.1) is 0 Å². The topological polar surface area (TPSA) is 74.1 Å². The van der Waals surface area contributed by atoms with Gasteiger partial charge in [0.1, 0.15) is 5.82 Å². The van der Waals surface area contributed by atoms with Crippen LogP contribution in [0.3, 0.4) is 0 Å². The Morgan fingerprint density at radius 3 is 2.50 bits per heavy atom. The minimum Gasteiger partial charge on any atom is -0.494 e. The molecule has 2 aromatic heterocycles. The van der Waals surface area contributed by atoms with E-state index in [1.807, 2.05) is 12.2 Å². The summed E-state index contributed by atoms with van der Waals surface area (Å²) in [4.78, 5) is 0. The standard InChI is InChI=1S/C16H12FN3O2/c17-9-2-1-3-10-13(9)14(19-18-10)20-15(21)11-7-4-5-8(6-7)12(11)16(20)22/h1-5,7-8,21-22H,6H2,(H,18,19)/t7-,8+. The summed E-state index contributed by atoms with van der Waals surface area (Å²) >= 11 is 0. The molecule has 0 fully saturated rings. The maximum atomic E-state index is 14.1. The van der Waals surface area contributed by atoms with Crippen molar-refractivity contribution >= 4 is 10.9 Å². The summed E-state index contributed by atoms with van der Waals surface area (Å²) in [6.07, 6.45) is 4.96. The molecule has 0 amide bonds. The second-order valence-electron chi connectivity index (χ2n) is 5.85. The molecular weight excluding hydrogens is 285 g/mol. The number of benzene rings is 1. The maximum absolute atomic E-state index is 14.1. The molecule has 0 radical (unpaired) electrons. The number of aromatic amines is 1. The highest BCUT2D eigenvalue weighted by Crippen LogP contribution is 2.57. The molecule has 2 atom stereocenters. The van der Waals surface area contributed by atoms with Crippen LogP contribution < -0.4 is 0 Å². The van der Waals surface area contributed by atoms with Gasteiger partial charge in [0.25, 0.3) is 0 Å². The fourth-order valence-corrected chi connectivity index (χ4v) is 3.82. The fourth-order valence-electron chi connectivity index (χ4n) is 3.82. The zero-order chi connectivity index (χ0) is 15.0. The highest BCUT2D eigenvalue weighted by molar-refractivity contribution is 5.87. The third kappa shape index (κ3) is 1.21. The Kier molecular flexibility index (Phi) is 2.00. The Hall–Kier alpha value is -2.76. The molecule has 0 saturated heterocycles. The van der Waals surface area contributed by atoms with Gasteiger partial charge in [-0.2, -0.15) is 5.10 Å². The maximum Gasteiger partial charge on any atom is 0.204 e. The number of fused-ring (bicyclic) bond motifs is 6. The van der Waals surface area contributed by atoms with E-state index in [9.17, 15) is 14.6 Å². The van der Waals surface area contributed by atoms with Crippen LogP contribution in [0, 0.1) is 5.82 Å². The first-order valence-corrected chi connectivity index (χ1v) is 7.14. The van der Waals surface area contributed by atoms with E-state index < -0.39 is 5.82 Å². The molecule has 5 nitrogen and oxygen atoms in total. The predicted molar refractivity (Wildman–Crippen MR) is 77.9 cm³/mol. The fraction of sp³-hybridized carbons (Fsp3) is 0.188. The molecule has 3 N–H and O–H groups in total. The molecule has 6 heteroatoms. The second kappa shape index (κ2) is 3.71. The monoisotopic (exact) mass is 297 g/mol. The average Bonchev–Trinajstić information content (AvgIpc) is 3.23. The molecule has 0 spiro atoms. The van der Waals surface area contributed by atoms with Crippen molar-refractivity contribution in [3.8, 4) is 17.6 Å². The number of allylic oxidation sites excluding steroid dienone is 2.